The van der Waals surface area contributed by atoms with Crippen LogP contribution in [-0.2, 0) is 0 Å². The van der Waals surface area contributed by atoms with Gasteiger partial charge < -0.3 is 4.42 Å². The van der Waals surface area contributed by atoms with Crippen LogP contribution >= 0.6 is 0 Å². The number of carbonyl (C=O) groups excluding carboxylic acids is 1. The quantitative estimate of drug-likeness (QED) is 0.709. The van der Waals surface area contributed by atoms with Gasteiger partial charge in [-0.2, -0.15) is 0 Å². The van der Waals surface area contributed by atoms with Crippen molar-refractivity contribution in [2.24, 2.45) is 17.8 Å². The fourth-order valence-corrected chi connectivity index (χ4v) is 2.65. The average Bonchev–Trinajstić information content (AvgIpc) is 2.67. The lowest BCUT2D eigenvalue weighted by atomic mass is 9.73. The smallest absolute Gasteiger partial charge is 0.169 e. The van der Waals surface area contributed by atoms with Crippen LogP contribution in [-0.4, -0.2) is 5.78 Å². The molecule has 2 nitrogen and oxygen atoms in total. The summed E-state index contributed by atoms with van der Waals surface area (Å²) in [6.07, 6.45) is 4.85. The molecule has 3 unspecified atom stereocenters. The van der Waals surface area contributed by atoms with Crippen LogP contribution in [0, 0.1) is 24.7 Å². The van der Waals surface area contributed by atoms with Gasteiger partial charge in [0.15, 0.2) is 5.78 Å². The molecule has 0 radical (unpaired) electrons. The highest BCUT2D eigenvalue weighted by Crippen LogP contribution is 2.35. The summed E-state index contributed by atoms with van der Waals surface area (Å²) in [4.78, 5) is 12.3. The van der Waals surface area contributed by atoms with Gasteiger partial charge in [-0.25, -0.2) is 0 Å². The zero-order chi connectivity index (χ0) is 11.7. The Labute approximate surface area is 97.0 Å². The van der Waals surface area contributed by atoms with Crippen LogP contribution < -0.4 is 0 Å². The first-order valence-corrected chi connectivity index (χ1v) is 6.18. The summed E-state index contributed by atoms with van der Waals surface area (Å²) >= 11 is 0. The van der Waals surface area contributed by atoms with Gasteiger partial charge in [0, 0.05) is 5.92 Å². The van der Waals surface area contributed by atoms with Crippen LogP contribution in [0.25, 0.3) is 0 Å². The Kier molecular flexibility index (Phi) is 3.17. The third-order valence-corrected chi connectivity index (χ3v) is 4.09. The van der Waals surface area contributed by atoms with E-state index in [4.69, 9.17) is 4.42 Å². The van der Waals surface area contributed by atoms with Gasteiger partial charge >= 0.3 is 0 Å². The highest BCUT2D eigenvalue weighted by Gasteiger charge is 2.30. The zero-order valence-corrected chi connectivity index (χ0v) is 10.3. The molecule has 2 rings (SSSR count). The summed E-state index contributed by atoms with van der Waals surface area (Å²) in [5, 5.41) is 0. The van der Waals surface area contributed by atoms with Crippen molar-refractivity contribution >= 4 is 5.78 Å². The number of ketones is 1. The first-order chi connectivity index (χ1) is 7.59. The Balaban J connectivity index is 2.09. The van der Waals surface area contributed by atoms with Crippen molar-refractivity contribution in [3.8, 4) is 0 Å². The summed E-state index contributed by atoms with van der Waals surface area (Å²) in [6, 6.07) is 1.81. The number of rotatable bonds is 2. The fraction of sp³-hybridized carbons (Fsp3) is 0.643. The van der Waals surface area contributed by atoms with Crippen LogP contribution in [0.1, 0.15) is 49.2 Å². The highest BCUT2D eigenvalue weighted by molar-refractivity contribution is 5.98. The van der Waals surface area contributed by atoms with Crippen LogP contribution in [0.15, 0.2) is 16.7 Å². The first kappa shape index (κ1) is 11.4. The molecule has 0 aliphatic heterocycles. The molecule has 1 aromatic rings. The summed E-state index contributed by atoms with van der Waals surface area (Å²) in [6.45, 7) is 6.41. The molecule has 1 aromatic heterocycles. The van der Waals surface area contributed by atoms with Gasteiger partial charge in [0.25, 0.3) is 0 Å². The first-order valence-electron chi connectivity index (χ1n) is 6.18. The predicted molar refractivity (Wildman–Crippen MR) is 63.4 cm³/mol. The van der Waals surface area contributed by atoms with E-state index in [-0.39, 0.29) is 11.7 Å². The maximum Gasteiger partial charge on any atom is 0.169 e. The number of aryl methyl sites for hydroxylation is 1. The van der Waals surface area contributed by atoms with Gasteiger partial charge in [-0.3, -0.25) is 4.79 Å². The molecule has 88 valence electrons. The van der Waals surface area contributed by atoms with Crippen molar-refractivity contribution in [3.63, 3.8) is 0 Å². The van der Waals surface area contributed by atoms with Crippen molar-refractivity contribution in [2.45, 2.75) is 40.0 Å². The van der Waals surface area contributed by atoms with E-state index in [2.05, 4.69) is 13.8 Å². The molecule has 2 heteroatoms. The molecular weight excluding hydrogens is 200 g/mol. The van der Waals surface area contributed by atoms with E-state index in [9.17, 15) is 4.79 Å². The fourth-order valence-electron chi connectivity index (χ4n) is 2.65. The standard InChI is InChI=1S/C14H20O2/c1-9-4-5-12(8-10(9)2)14(15)13-6-7-16-11(13)3/h6-7,9-10,12H,4-5,8H2,1-3H3. The molecule has 0 bridgehead atoms. The van der Waals surface area contributed by atoms with Crippen molar-refractivity contribution in [2.75, 3.05) is 0 Å². The largest absolute Gasteiger partial charge is 0.469 e. The van der Waals surface area contributed by atoms with E-state index < -0.39 is 0 Å². The number of furan rings is 1. The molecule has 0 saturated heterocycles. The lowest BCUT2D eigenvalue weighted by molar-refractivity contribution is 0.0836. The van der Waals surface area contributed by atoms with Gasteiger partial charge in [0.05, 0.1) is 11.8 Å². The zero-order valence-electron chi connectivity index (χ0n) is 10.3. The second-order valence-electron chi connectivity index (χ2n) is 5.22. The van der Waals surface area contributed by atoms with Crippen LogP contribution in [0.2, 0.25) is 0 Å². The molecule has 1 aliphatic rings. The Morgan fingerprint density at radius 2 is 2.06 bits per heavy atom. The van der Waals surface area contributed by atoms with Crippen LogP contribution in [0.5, 0.6) is 0 Å². The average molecular weight is 220 g/mol. The Bertz CT molecular complexity index is 378. The molecule has 0 spiro atoms. The van der Waals surface area contributed by atoms with Crippen molar-refractivity contribution in [1.82, 2.24) is 0 Å². The molecule has 0 aromatic carbocycles. The van der Waals surface area contributed by atoms with Gasteiger partial charge in [0.2, 0.25) is 0 Å². The maximum absolute atomic E-state index is 12.3. The monoisotopic (exact) mass is 220 g/mol. The third kappa shape index (κ3) is 2.06. The summed E-state index contributed by atoms with van der Waals surface area (Å²) in [5.74, 6) is 2.67. The van der Waals surface area contributed by atoms with Gasteiger partial charge in [0.1, 0.15) is 5.76 Å². The molecule has 1 heterocycles. The van der Waals surface area contributed by atoms with E-state index in [1.807, 2.05) is 6.92 Å². The molecule has 0 N–H and O–H groups in total. The minimum atomic E-state index is 0.211. The number of hydrogen-bond donors (Lipinski definition) is 0. The molecule has 1 fully saturated rings. The minimum Gasteiger partial charge on any atom is -0.469 e. The summed E-state index contributed by atoms with van der Waals surface area (Å²) < 4.78 is 5.20. The molecule has 0 amide bonds. The van der Waals surface area contributed by atoms with Crippen LogP contribution in [0.3, 0.4) is 0 Å². The van der Waals surface area contributed by atoms with Crippen molar-refractivity contribution < 1.29 is 9.21 Å². The van der Waals surface area contributed by atoms with Gasteiger partial charge in [-0.05, 0) is 44.1 Å². The van der Waals surface area contributed by atoms with Gasteiger partial charge in [-0.15, -0.1) is 0 Å². The minimum absolute atomic E-state index is 0.211. The number of carbonyl (C=O) groups is 1. The third-order valence-electron chi connectivity index (χ3n) is 4.09. The van der Waals surface area contributed by atoms with Crippen LogP contribution in [0.4, 0.5) is 0 Å². The SMILES string of the molecule is Cc1occc1C(=O)C1CCC(C)C(C)C1. The molecular formula is C14H20O2. The number of hydrogen-bond acceptors (Lipinski definition) is 2. The Hall–Kier alpha value is -1.05. The Morgan fingerprint density at radius 1 is 1.31 bits per heavy atom. The van der Waals surface area contributed by atoms with E-state index in [0.717, 1.165) is 30.1 Å². The van der Waals surface area contributed by atoms with Crippen molar-refractivity contribution in [3.05, 3.63) is 23.7 Å². The summed E-state index contributed by atoms with van der Waals surface area (Å²) in [7, 11) is 0. The molecule has 1 saturated carbocycles. The van der Waals surface area contributed by atoms with Crippen molar-refractivity contribution in [1.29, 1.82) is 0 Å². The second-order valence-corrected chi connectivity index (χ2v) is 5.22. The van der Waals surface area contributed by atoms with Gasteiger partial charge in [-0.1, -0.05) is 13.8 Å². The topological polar surface area (TPSA) is 30.2 Å². The molecule has 1 aliphatic carbocycles. The van der Waals surface area contributed by atoms with E-state index in [0.29, 0.717) is 5.92 Å². The second kappa shape index (κ2) is 4.44. The lowest BCUT2D eigenvalue weighted by Crippen LogP contribution is -2.26. The van der Waals surface area contributed by atoms with E-state index in [1.54, 1.807) is 12.3 Å². The molecule has 16 heavy (non-hydrogen) atoms. The Morgan fingerprint density at radius 3 is 2.62 bits per heavy atom. The summed E-state index contributed by atoms with van der Waals surface area (Å²) in [5.41, 5.74) is 0.784. The van der Waals surface area contributed by atoms with E-state index >= 15 is 0 Å². The maximum atomic E-state index is 12.3. The number of Topliss-reactive ketones (excluding diaryl/α,β-unsaturated/α-hetero) is 1. The van der Waals surface area contributed by atoms with E-state index in [1.165, 1.54) is 6.42 Å². The lowest BCUT2D eigenvalue weighted by Gasteiger charge is -2.31. The normalized spacial score (nSPS) is 30.3. The predicted octanol–water partition coefficient (Wildman–Crippen LogP) is 3.84. The molecule has 3 atom stereocenters. The highest BCUT2D eigenvalue weighted by atomic mass is 16.3.